The number of rotatable bonds is 3. The normalized spacial score (nSPS) is 10.1. The lowest BCUT2D eigenvalue weighted by Crippen LogP contribution is -2.15. The molecule has 0 bridgehead atoms. The third-order valence-electron chi connectivity index (χ3n) is 2.69. The van der Waals surface area contributed by atoms with Gasteiger partial charge < -0.3 is 20.6 Å². The molecule has 0 unspecified atom stereocenters. The third kappa shape index (κ3) is 3.24. The number of nitrogens with one attached hydrogen (secondary N) is 1. The van der Waals surface area contributed by atoms with Crippen molar-refractivity contribution in [3.63, 3.8) is 0 Å². The fourth-order valence-corrected chi connectivity index (χ4v) is 1.88. The second-order valence-corrected chi connectivity index (χ2v) is 4.59. The lowest BCUT2D eigenvalue weighted by atomic mass is 10.1. The number of carboxylic acids is 1. The first kappa shape index (κ1) is 14.7. The molecule has 0 aliphatic carbocycles. The fourth-order valence-electron chi connectivity index (χ4n) is 1.70. The molecule has 0 saturated heterocycles. The summed E-state index contributed by atoms with van der Waals surface area (Å²) in [5.41, 5.74) is -0.224. The number of anilines is 1. The summed E-state index contributed by atoms with van der Waals surface area (Å²) in [5.74, 6) is -2.57. The highest BCUT2D eigenvalue weighted by molar-refractivity contribution is 6.31. The van der Waals surface area contributed by atoms with E-state index in [1.54, 1.807) is 0 Å². The monoisotopic (exact) mass is 307 g/mol. The van der Waals surface area contributed by atoms with Crippen LogP contribution in [-0.4, -0.2) is 27.2 Å². The van der Waals surface area contributed by atoms with Crippen molar-refractivity contribution in [2.45, 2.75) is 0 Å². The number of carboxylic acid groups (broad SMARTS) is 1. The van der Waals surface area contributed by atoms with Crippen LogP contribution < -0.4 is 5.32 Å². The molecule has 0 atom stereocenters. The molecule has 1 amide bonds. The number of phenolic OH excluding ortho intramolecular Hbond substituents is 2. The standard InChI is InChI=1S/C14H10ClNO5/c15-7-1-4-11(10(5-7)14(20)21)16-13(19)9-3-2-8(17)6-12(9)18/h1-6,17-18H,(H,16,19)(H,20,21). The molecule has 2 aromatic rings. The molecule has 2 aromatic carbocycles. The second kappa shape index (κ2) is 5.72. The number of halogens is 1. The maximum atomic E-state index is 12.0. The number of hydrogen-bond acceptors (Lipinski definition) is 4. The Morgan fingerprint density at radius 1 is 1.00 bits per heavy atom. The zero-order valence-electron chi connectivity index (χ0n) is 10.5. The van der Waals surface area contributed by atoms with Crippen molar-refractivity contribution in [1.29, 1.82) is 0 Å². The number of aromatic carboxylic acids is 1. The zero-order chi connectivity index (χ0) is 15.6. The van der Waals surface area contributed by atoms with Crippen LogP contribution in [0.15, 0.2) is 36.4 Å². The lowest BCUT2D eigenvalue weighted by molar-refractivity contribution is 0.0698. The average molecular weight is 308 g/mol. The van der Waals surface area contributed by atoms with Gasteiger partial charge in [-0.1, -0.05) is 11.6 Å². The van der Waals surface area contributed by atoms with Crippen LogP contribution in [0.1, 0.15) is 20.7 Å². The van der Waals surface area contributed by atoms with Crippen LogP contribution in [0.5, 0.6) is 11.5 Å². The fraction of sp³-hybridized carbons (Fsp3) is 0. The molecule has 0 aliphatic heterocycles. The molecule has 108 valence electrons. The summed E-state index contributed by atoms with van der Waals surface area (Å²) in [6.45, 7) is 0. The van der Waals surface area contributed by atoms with E-state index in [2.05, 4.69) is 5.32 Å². The third-order valence-corrected chi connectivity index (χ3v) is 2.92. The summed E-state index contributed by atoms with van der Waals surface area (Å²) in [5, 5.41) is 30.4. The molecule has 0 fully saturated rings. The second-order valence-electron chi connectivity index (χ2n) is 4.15. The van der Waals surface area contributed by atoms with Crippen molar-refractivity contribution in [3.05, 3.63) is 52.5 Å². The van der Waals surface area contributed by atoms with Gasteiger partial charge in [-0.25, -0.2) is 4.79 Å². The van der Waals surface area contributed by atoms with Crippen LogP contribution in [0.4, 0.5) is 5.69 Å². The van der Waals surface area contributed by atoms with Gasteiger partial charge in [0.15, 0.2) is 0 Å². The van der Waals surface area contributed by atoms with Crippen molar-refractivity contribution >= 4 is 29.2 Å². The first-order chi connectivity index (χ1) is 9.88. The minimum atomic E-state index is -1.25. The molecule has 0 radical (unpaired) electrons. The van der Waals surface area contributed by atoms with E-state index >= 15 is 0 Å². The summed E-state index contributed by atoms with van der Waals surface area (Å²) < 4.78 is 0. The van der Waals surface area contributed by atoms with E-state index in [9.17, 15) is 19.8 Å². The quantitative estimate of drug-likeness (QED) is 0.697. The number of benzene rings is 2. The van der Waals surface area contributed by atoms with Crippen molar-refractivity contribution in [2.24, 2.45) is 0 Å². The van der Waals surface area contributed by atoms with Crippen LogP contribution in [0.2, 0.25) is 5.02 Å². The van der Waals surface area contributed by atoms with E-state index in [0.717, 1.165) is 6.07 Å². The van der Waals surface area contributed by atoms with Gasteiger partial charge in [-0.2, -0.15) is 0 Å². The largest absolute Gasteiger partial charge is 0.508 e. The molecule has 0 spiro atoms. The summed E-state index contributed by atoms with van der Waals surface area (Å²) in [7, 11) is 0. The van der Waals surface area contributed by atoms with Crippen molar-refractivity contribution in [2.75, 3.05) is 5.32 Å². The number of phenols is 2. The van der Waals surface area contributed by atoms with Gasteiger partial charge in [0, 0.05) is 11.1 Å². The number of hydrogen-bond donors (Lipinski definition) is 4. The zero-order valence-corrected chi connectivity index (χ0v) is 11.3. The summed E-state index contributed by atoms with van der Waals surface area (Å²) in [6.07, 6.45) is 0. The Kier molecular flexibility index (Phi) is 4.00. The topological polar surface area (TPSA) is 107 Å². The number of aromatic hydroxyl groups is 2. The molecule has 0 aliphatic rings. The van der Waals surface area contributed by atoms with Gasteiger partial charge in [-0.05, 0) is 30.3 Å². The average Bonchev–Trinajstić information content (AvgIpc) is 2.40. The van der Waals surface area contributed by atoms with Crippen molar-refractivity contribution < 1.29 is 24.9 Å². The highest BCUT2D eigenvalue weighted by atomic mass is 35.5. The van der Waals surface area contributed by atoms with E-state index in [1.807, 2.05) is 0 Å². The number of carbonyl (C=O) groups excluding carboxylic acids is 1. The van der Waals surface area contributed by atoms with Gasteiger partial charge in [-0.15, -0.1) is 0 Å². The Hall–Kier alpha value is -2.73. The minimum Gasteiger partial charge on any atom is -0.508 e. The van der Waals surface area contributed by atoms with Crippen LogP contribution in [0.3, 0.4) is 0 Å². The van der Waals surface area contributed by atoms with E-state index in [4.69, 9.17) is 16.7 Å². The number of amides is 1. The highest BCUT2D eigenvalue weighted by Gasteiger charge is 2.16. The molecule has 0 aromatic heterocycles. The maximum absolute atomic E-state index is 12.0. The van der Waals surface area contributed by atoms with Gasteiger partial charge >= 0.3 is 5.97 Å². The van der Waals surface area contributed by atoms with Crippen LogP contribution in [0, 0.1) is 0 Å². The maximum Gasteiger partial charge on any atom is 0.337 e. The molecule has 7 heteroatoms. The molecular weight excluding hydrogens is 298 g/mol. The highest BCUT2D eigenvalue weighted by Crippen LogP contribution is 2.25. The van der Waals surface area contributed by atoms with Gasteiger partial charge in [0.25, 0.3) is 5.91 Å². The predicted octanol–water partition coefficient (Wildman–Crippen LogP) is 2.70. The van der Waals surface area contributed by atoms with Crippen LogP contribution >= 0.6 is 11.6 Å². The first-order valence-electron chi connectivity index (χ1n) is 5.74. The molecule has 21 heavy (non-hydrogen) atoms. The molecule has 6 nitrogen and oxygen atoms in total. The van der Waals surface area contributed by atoms with E-state index in [0.29, 0.717) is 0 Å². The Morgan fingerprint density at radius 2 is 1.71 bits per heavy atom. The minimum absolute atomic E-state index is 0.0457. The summed E-state index contributed by atoms with van der Waals surface area (Å²) >= 11 is 5.71. The van der Waals surface area contributed by atoms with Gasteiger partial charge in [0.05, 0.1) is 16.8 Å². The molecule has 4 N–H and O–H groups in total. The first-order valence-corrected chi connectivity index (χ1v) is 6.12. The van der Waals surface area contributed by atoms with Gasteiger partial charge in [-0.3, -0.25) is 4.79 Å². The Bertz CT molecular complexity index is 729. The van der Waals surface area contributed by atoms with E-state index in [1.165, 1.54) is 30.3 Å². The van der Waals surface area contributed by atoms with E-state index < -0.39 is 17.6 Å². The molecule has 2 rings (SSSR count). The Morgan fingerprint density at radius 3 is 2.33 bits per heavy atom. The van der Waals surface area contributed by atoms with Crippen LogP contribution in [0.25, 0.3) is 0 Å². The lowest BCUT2D eigenvalue weighted by Gasteiger charge is -2.10. The van der Waals surface area contributed by atoms with Gasteiger partial charge in [0.2, 0.25) is 0 Å². The Labute approximate surface area is 124 Å². The molecule has 0 saturated carbocycles. The van der Waals surface area contributed by atoms with Crippen LogP contribution in [-0.2, 0) is 0 Å². The predicted molar refractivity (Wildman–Crippen MR) is 76.1 cm³/mol. The van der Waals surface area contributed by atoms with Crippen molar-refractivity contribution in [3.8, 4) is 11.5 Å². The smallest absolute Gasteiger partial charge is 0.337 e. The van der Waals surface area contributed by atoms with Gasteiger partial charge in [0.1, 0.15) is 11.5 Å². The Balaban J connectivity index is 2.34. The molecule has 0 heterocycles. The number of carbonyl (C=O) groups is 2. The van der Waals surface area contributed by atoms with E-state index in [-0.39, 0.29) is 27.6 Å². The summed E-state index contributed by atoms with van der Waals surface area (Å²) in [4.78, 5) is 23.1. The van der Waals surface area contributed by atoms with Crippen molar-refractivity contribution in [1.82, 2.24) is 0 Å². The SMILES string of the molecule is O=C(Nc1ccc(Cl)cc1C(=O)O)c1ccc(O)cc1O. The molecular formula is C14H10ClNO5. The summed E-state index contributed by atoms with van der Waals surface area (Å²) in [6, 6.07) is 7.44.